The molecule has 0 aromatic heterocycles. The summed E-state index contributed by atoms with van der Waals surface area (Å²) in [7, 11) is -1.25. The molecule has 2 N–H and O–H groups in total. The van der Waals surface area contributed by atoms with Crippen LogP contribution in [0.15, 0.2) is 64.5 Å². The van der Waals surface area contributed by atoms with Crippen LogP contribution in [0.5, 0.6) is 0 Å². The largest absolute Gasteiger partial charge is 0.356 e. The number of nitrogens with zero attached hydrogens (tertiary/aromatic N) is 1. The van der Waals surface area contributed by atoms with E-state index in [4.69, 9.17) is 0 Å². The van der Waals surface area contributed by atoms with Gasteiger partial charge >= 0.3 is 0 Å². The molecule has 140 valence electrons. The van der Waals surface area contributed by atoms with E-state index in [2.05, 4.69) is 27.8 Å². The Labute approximate surface area is 160 Å². The number of rotatable bonds is 8. The van der Waals surface area contributed by atoms with Crippen LogP contribution in [0.2, 0.25) is 0 Å². The number of thioether (sulfide) groups is 1. The molecule has 0 saturated heterocycles. The Morgan fingerprint density at radius 2 is 1.65 bits per heavy atom. The third-order valence-corrected chi connectivity index (χ3v) is 5.41. The van der Waals surface area contributed by atoms with Crippen LogP contribution in [0.1, 0.15) is 11.1 Å². The fourth-order valence-corrected chi connectivity index (χ4v) is 3.90. The van der Waals surface area contributed by atoms with Crippen LogP contribution in [-0.2, 0) is 22.1 Å². The van der Waals surface area contributed by atoms with Gasteiger partial charge in [-0.3, -0.25) is 4.99 Å². The van der Waals surface area contributed by atoms with E-state index in [-0.39, 0.29) is 5.75 Å². The summed E-state index contributed by atoms with van der Waals surface area (Å²) in [5, 5.41) is 6.55. The quantitative estimate of drug-likeness (QED) is 0.313. The van der Waals surface area contributed by atoms with Crippen molar-refractivity contribution in [3.05, 3.63) is 65.7 Å². The van der Waals surface area contributed by atoms with Gasteiger partial charge in [0.25, 0.3) is 0 Å². The number of hydrogen-bond donors (Lipinski definition) is 2. The highest BCUT2D eigenvalue weighted by Crippen LogP contribution is 2.15. The lowest BCUT2D eigenvalue weighted by Gasteiger charge is -2.12. The summed E-state index contributed by atoms with van der Waals surface area (Å²) < 4.78 is 22.6. The van der Waals surface area contributed by atoms with Crippen LogP contribution < -0.4 is 10.6 Å². The van der Waals surface area contributed by atoms with Gasteiger partial charge in [-0.1, -0.05) is 42.5 Å². The van der Waals surface area contributed by atoms with Crippen LogP contribution in [0, 0.1) is 0 Å². The number of sulfone groups is 1. The number of nitrogens with one attached hydrogen (secondary N) is 2. The first-order valence-corrected chi connectivity index (χ1v) is 11.4. The van der Waals surface area contributed by atoms with Crippen LogP contribution >= 0.6 is 11.8 Å². The molecule has 0 saturated carbocycles. The van der Waals surface area contributed by atoms with Gasteiger partial charge in [-0.05, 0) is 23.3 Å². The van der Waals surface area contributed by atoms with Gasteiger partial charge in [0.2, 0.25) is 0 Å². The maximum absolute atomic E-state index is 11.3. The molecule has 0 bridgehead atoms. The highest BCUT2D eigenvalue weighted by Gasteiger charge is 2.04. The molecular weight excluding hydrogens is 366 g/mol. The summed E-state index contributed by atoms with van der Waals surface area (Å²) in [4.78, 5) is 5.48. The second-order valence-corrected chi connectivity index (χ2v) is 9.21. The van der Waals surface area contributed by atoms with Crippen molar-refractivity contribution >= 4 is 27.6 Å². The standard InChI is InChI=1S/C19H25N3O2S2/c1-20-19(21-12-13-25-18-6-4-3-5-7-18)22-14-16-8-10-17(11-9-16)15-26(2,23)24/h3-11H,12-15H2,1-2H3,(H2,20,21,22). The first-order chi connectivity index (χ1) is 12.5. The summed E-state index contributed by atoms with van der Waals surface area (Å²) in [5.74, 6) is 1.77. The molecule has 0 radical (unpaired) electrons. The van der Waals surface area contributed by atoms with Crippen molar-refractivity contribution in [2.75, 3.05) is 25.6 Å². The van der Waals surface area contributed by atoms with Crippen LogP contribution in [0.4, 0.5) is 0 Å². The molecule has 0 unspecified atom stereocenters. The topological polar surface area (TPSA) is 70.6 Å². The first kappa shape index (κ1) is 20.3. The SMILES string of the molecule is CN=C(NCCSc1ccccc1)NCc1ccc(CS(C)(=O)=O)cc1. The van der Waals surface area contributed by atoms with Gasteiger partial charge in [-0.15, -0.1) is 11.8 Å². The van der Waals surface area contributed by atoms with E-state index in [1.807, 2.05) is 42.5 Å². The zero-order valence-corrected chi connectivity index (χ0v) is 16.7. The molecule has 0 aliphatic heterocycles. The molecule has 7 heteroatoms. The number of aliphatic imine (C=N–C) groups is 1. The molecule has 0 heterocycles. The Hall–Kier alpha value is -1.99. The lowest BCUT2D eigenvalue weighted by Crippen LogP contribution is -2.37. The lowest BCUT2D eigenvalue weighted by atomic mass is 10.1. The number of guanidine groups is 1. The first-order valence-electron chi connectivity index (χ1n) is 8.34. The van der Waals surface area contributed by atoms with Crippen molar-refractivity contribution in [1.29, 1.82) is 0 Å². The minimum absolute atomic E-state index is 0.0724. The summed E-state index contributed by atoms with van der Waals surface area (Å²) in [6.07, 6.45) is 1.24. The van der Waals surface area contributed by atoms with E-state index < -0.39 is 9.84 Å². The van der Waals surface area contributed by atoms with Crippen molar-refractivity contribution in [3.8, 4) is 0 Å². The number of benzene rings is 2. The minimum Gasteiger partial charge on any atom is -0.356 e. The minimum atomic E-state index is -3.00. The van der Waals surface area contributed by atoms with E-state index in [0.717, 1.165) is 29.4 Å². The number of hydrogen-bond acceptors (Lipinski definition) is 4. The molecule has 0 aliphatic carbocycles. The van der Waals surface area contributed by atoms with Gasteiger partial charge in [0, 0.05) is 37.0 Å². The smallest absolute Gasteiger partial charge is 0.191 e. The van der Waals surface area contributed by atoms with Gasteiger partial charge in [0.1, 0.15) is 0 Å². The molecule has 2 aromatic carbocycles. The fourth-order valence-electron chi connectivity index (χ4n) is 2.32. The Morgan fingerprint density at radius 1 is 1.00 bits per heavy atom. The van der Waals surface area contributed by atoms with E-state index >= 15 is 0 Å². The average Bonchev–Trinajstić information content (AvgIpc) is 2.62. The zero-order chi connectivity index (χ0) is 18.8. The fraction of sp³-hybridized carbons (Fsp3) is 0.316. The summed E-state index contributed by atoms with van der Waals surface area (Å²) in [6.45, 7) is 1.44. The molecule has 0 spiro atoms. The molecule has 0 amide bonds. The molecule has 26 heavy (non-hydrogen) atoms. The van der Waals surface area contributed by atoms with Gasteiger partial charge in [-0.25, -0.2) is 8.42 Å². The Bertz CT molecular complexity index is 804. The van der Waals surface area contributed by atoms with E-state index in [1.165, 1.54) is 11.2 Å². The predicted octanol–water partition coefficient (Wildman–Crippen LogP) is 2.69. The van der Waals surface area contributed by atoms with E-state index in [1.54, 1.807) is 18.8 Å². The molecule has 0 aliphatic rings. The summed E-state index contributed by atoms with van der Waals surface area (Å²) in [6, 6.07) is 17.9. The molecule has 5 nitrogen and oxygen atoms in total. The van der Waals surface area contributed by atoms with Gasteiger partial charge in [0.15, 0.2) is 15.8 Å². The Balaban J connectivity index is 1.72. The Kier molecular flexibility index (Phi) is 8.00. The Morgan fingerprint density at radius 3 is 2.27 bits per heavy atom. The second-order valence-electron chi connectivity index (χ2n) is 5.90. The lowest BCUT2D eigenvalue weighted by molar-refractivity contribution is 0.601. The van der Waals surface area contributed by atoms with Crippen molar-refractivity contribution in [2.24, 2.45) is 4.99 Å². The van der Waals surface area contributed by atoms with Crippen LogP contribution in [-0.4, -0.2) is 40.0 Å². The van der Waals surface area contributed by atoms with E-state index in [0.29, 0.717) is 6.54 Å². The molecule has 0 fully saturated rings. The van der Waals surface area contributed by atoms with Crippen molar-refractivity contribution in [2.45, 2.75) is 17.2 Å². The normalized spacial score (nSPS) is 12.0. The maximum Gasteiger partial charge on any atom is 0.191 e. The average molecular weight is 392 g/mol. The molecule has 2 aromatic rings. The summed E-state index contributed by atoms with van der Waals surface area (Å²) in [5.41, 5.74) is 1.88. The summed E-state index contributed by atoms with van der Waals surface area (Å²) >= 11 is 1.80. The monoisotopic (exact) mass is 391 g/mol. The third-order valence-electron chi connectivity index (χ3n) is 3.54. The zero-order valence-electron chi connectivity index (χ0n) is 15.1. The predicted molar refractivity (Wildman–Crippen MR) is 110 cm³/mol. The van der Waals surface area contributed by atoms with Gasteiger partial charge in [-0.2, -0.15) is 0 Å². The van der Waals surface area contributed by atoms with Crippen molar-refractivity contribution in [1.82, 2.24) is 10.6 Å². The molecule has 2 rings (SSSR count). The van der Waals surface area contributed by atoms with Gasteiger partial charge in [0.05, 0.1) is 5.75 Å². The van der Waals surface area contributed by atoms with Crippen molar-refractivity contribution in [3.63, 3.8) is 0 Å². The van der Waals surface area contributed by atoms with Crippen molar-refractivity contribution < 1.29 is 8.42 Å². The van der Waals surface area contributed by atoms with Crippen LogP contribution in [0.3, 0.4) is 0 Å². The molecular formula is C19H25N3O2S2. The van der Waals surface area contributed by atoms with Crippen LogP contribution in [0.25, 0.3) is 0 Å². The third kappa shape index (κ3) is 7.93. The van der Waals surface area contributed by atoms with E-state index in [9.17, 15) is 8.42 Å². The highest BCUT2D eigenvalue weighted by atomic mass is 32.2. The second kappa shape index (κ2) is 10.2. The van der Waals surface area contributed by atoms with Gasteiger partial charge < -0.3 is 10.6 Å². The molecule has 0 atom stereocenters. The maximum atomic E-state index is 11.3. The highest BCUT2D eigenvalue weighted by molar-refractivity contribution is 7.99.